The van der Waals surface area contributed by atoms with E-state index in [1.165, 1.54) is 0 Å². The number of hydrogen-bond acceptors (Lipinski definition) is 4. The molecule has 1 aromatic carbocycles. The lowest BCUT2D eigenvalue weighted by molar-refractivity contribution is 0.597. The summed E-state index contributed by atoms with van der Waals surface area (Å²) < 4.78 is 23.9. The van der Waals surface area contributed by atoms with Crippen LogP contribution in [0.1, 0.15) is 12.5 Å². The first-order valence-corrected chi connectivity index (χ1v) is 8.29. The molecule has 2 aromatic rings. The summed E-state index contributed by atoms with van der Waals surface area (Å²) in [6.45, 7) is 2.30. The smallest absolute Gasteiger partial charge is 0.180 e. The predicted octanol–water partition coefficient (Wildman–Crippen LogP) is 3.15. The Hall–Kier alpha value is -1.33. The minimum atomic E-state index is -3.18. The molecule has 5 heteroatoms. The molecule has 0 atom stereocenters. The molecule has 18 heavy (non-hydrogen) atoms. The van der Waals surface area contributed by atoms with Crippen molar-refractivity contribution in [1.29, 1.82) is 0 Å². The average molecular weight is 281 g/mol. The fourth-order valence-electron chi connectivity index (χ4n) is 1.63. The van der Waals surface area contributed by atoms with Crippen molar-refractivity contribution in [2.24, 2.45) is 0 Å². The summed E-state index contributed by atoms with van der Waals surface area (Å²) in [6, 6.07) is 9.06. The van der Waals surface area contributed by atoms with E-state index in [1.807, 2.05) is 22.9 Å². The van der Waals surface area contributed by atoms with Crippen LogP contribution in [0.3, 0.4) is 0 Å². The summed E-state index contributed by atoms with van der Waals surface area (Å²) in [7, 11) is -3.18. The highest BCUT2D eigenvalue weighted by Gasteiger charge is 2.15. The van der Waals surface area contributed by atoms with Gasteiger partial charge in [-0.3, -0.25) is 0 Å². The molecule has 0 unspecified atom stereocenters. The van der Waals surface area contributed by atoms with Crippen LogP contribution in [0.15, 0.2) is 46.0 Å². The fraction of sp³-hybridized carbons (Fsp3) is 0.231. The lowest BCUT2D eigenvalue weighted by atomic mass is 10.3. The molecule has 0 aliphatic rings. The number of para-hydroxylation sites is 1. The number of thiophene rings is 1. The second kappa shape index (κ2) is 5.54. The Balaban J connectivity index is 2.23. The summed E-state index contributed by atoms with van der Waals surface area (Å²) in [5, 5.41) is 7.23. The van der Waals surface area contributed by atoms with Crippen LogP contribution in [0.4, 0.5) is 5.69 Å². The molecule has 1 aromatic heterocycles. The van der Waals surface area contributed by atoms with Gasteiger partial charge in [-0.25, -0.2) is 8.42 Å². The van der Waals surface area contributed by atoms with Crippen LogP contribution in [-0.4, -0.2) is 14.2 Å². The Morgan fingerprint density at radius 3 is 2.67 bits per heavy atom. The molecule has 1 heterocycles. The maximum Gasteiger partial charge on any atom is 0.180 e. The van der Waals surface area contributed by atoms with Crippen molar-refractivity contribution in [3.05, 3.63) is 46.7 Å². The summed E-state index contributed by atoms with van der Waals surface area (Å²) in [6.07, 6.45) is 0. The zero-order valence-electron chi connectivity index (χ0n) is 10.1. The van der Waals surface area contributed by atoms with Gasteiger partial charge in [-0.2, -0.15) is 11.3 Å². The van der Waals surface area contributed by atoms with Crippen molar-refractivity contribution in [3.8, 4) is 0 Å². The van der Waals surface area contributed by atoms with Crippen molar-refractivity contribution in [1.82, 2.24) is 0 Å². The number of benzene rings is 1. The number of anilines is 1. The van der Waals surface area contributed by atoms with E-state index in [0.29, 0.717) is 17.1 Å². The molecule has 96 valence electrons. The van der Waals surface area contributed by atoms with Gasteiger partial charge in [-0.05, 0) is 34.5 Å². The first kappa shape index (κ1) is 13.1. The van der Waals surface area contributed by atoms with E-state index >= 15 is 0 Å². The Morgan fingerprint density at radius 1 is 1.22 bits per heavy atom. The van der Waals surface area contributed by atoms with Gasteiger partial charge in [0, 0.05) is 6.54 Å². The van der Waals surface area contributed by atoms with E-state index in [-0.39, 0.29) is 5.75 Å². The van der Waals surface area contributed by atoms with Gasteiger partial charge in [0.15, 0.2) is 9.84 Å². The molecule has 2 rings (SSSR count). The largest absolute Gasteiger partial charge is 0.380 e. The number of nitrogens with one attached hydrogen (secondary N) is 1. The Labute approximate surface area is 111 Å². The second-order valence-electron chi connectivity index (χ2n) is 3.88. The summed E-state index contributed by atoms with van der Waals surface area (Å²) in [5.41, 5.74) is 1.83. The molecule has 1 N–H and O–H groups in total. The molecule has 0 fully saturated rings. The Kier molecular flexibility index (Phi) is 4.04. The van der Waals surface area contributed by atoms with Gasteiger partial charge in [0.1, 0.15) is 0 Å². The van der Waals surface area contributed by atoms with Crippen molar-refractivity contribution >= 4 is 26.9 Å². The maximum atomic E-state index is 11.9. The van der Waals surface area contributed by atoms with E-state index in [0.717, 1.165) is 5.56 Å². The van der Waals surface area contributed by atoms with Crippen molar-refractivity contribution in [2.45, 2.75) is 18.4 Å². The molecule has 0 saturated heterocycles. The van der Waals surface area contributed by atoms with Gasteiger partial charge in [0.25, 0.3) is 0 Å². The van der Waals surface area contributed by atoms with Crippen LogP contribution < -0.4 is 5.32 Å². The van der Waals surface area contributed by atoms with Crippen molar-refractivity contribution in [2.75, 3.05) is 11.1 Å². The third-order valence-corrected chi connectivity index (χ3v) is 5.18. The van der Waals surface area contributed by atoms with Crippen molar-refractivity contribution in [3.63, 3.8) is 0 Å². The Bertz CT molecular complexity index is 604. The standard InChI is InChI=1S/C13H15NO2S2/c1-2-18(15,16)13-6-4-3-5-12(13)14-9-11-7-8-17-10-11/h3-8,10,14H,2,9H2,1H3. The highest BCUT2D eigenvalue weighted by Crippen LogP contribution is 2.22. The van der Waals surface area contributed by atoms with Gasteiger partial charge < -0.3 is 5.32 Å². The van der Waals surface area contributed by atoms with E-state index in [9.17, 15) is 8.42 Å². The molecule has 3 nitrogen and oxygen atoms in total. The Morgan fingerprint density at radius 2 is 2.00 bits per heavy atom. The minimum absolute atomic E-state index is 0.115. The third kappa shape index (κ3) is 2.91. The van der Waals surface area contributed by atoms with Gasteiger partial charge in [0.05, 0.1) is 16.3 Å². The summed E-state index contributed by atoms with van der Waals surface area (Å²) in [4.78, 5) is 0.378. The van der Waals surface area contributed by atoms with Crippen LogP contribution in [0, 0.1) is 0 Å². The van der Waals surface area contributed by atoms with Gasteiger partial charge in [0.2, 0.25) is 0 Å². The van der Waals surface area contributed by atoms with Crippen LogP contribution in [0.25, 0.3) is 0 Å². The summed E-state index contributed by atoms with van der Waals surface area (Å²) in [5.74, 6) is 0.115. The quantitative estimate of drug-likeness (QED) is 0.915. The van der Waals surface area contributed by atoms with Crippen LogP contribution in [0.5, 0.6) is 0 Å². The molecular weight excluding hydrogens is 266 g/mol. The molecular formula is C13H15NO2S2. The number of hydrogen-bond donors (Lipinski definition) is 1. The maximum absolute atomic E-state index is 11.9. The van der Waals surface area contributed by atoms with E-state index in [1.54, 1.807) is 36.5 Å². The molecule has 0 aliphatic carbocycles. The zero-order chi connectivity index (χ0) is 13.0. The topological polar surface area (TPSA) is 46.2 Å². The molecule has 0 spiro atoms. The SMILES string of the molecule is CCS(=O)(=O)c1ccccc1NCc1ccsc1. The molecule has 0 saturated carbocycles. The van der Waals surface area contributed by atoms with Gasteiger partial charge in [-0.1, -0.05) is 19.1 Å². The highest BCUT2D eigenvalue weighted by molar-refractivity contribution is 7.91. The first-order valence-electron chi connectivity index (χ1n) is 5.70. The molecule has 0 amide bonds. The fourth-order valence-corrected chi connectivity index (χ4v) is 3.37. The lowest BCUT2D eigenvalue weighted by Crippen LogP contribution is -2.08. The molecule has 0 radical (unpaired) electrons. The minimum Gasteiger partial charge on any atom is -0.380 e. The van der Waals surface area contributed by atoms with Crippen LogP contribution in [-0.2, 0) is 16.4 Å². The lowest BCUT2D eigenvalue weighted by Gasteiger charge is -2.11. The van der Waals surface area contributed by atoms with Crippen LogP contribution >= 0.6 is 11.3 Å². The molecule has 0 bridgehead atoms. The van der Waals surface area contributed by atoms with E-state index < -0.39 is 9.84 Å². The first-order chi connectivity index (χ1) is 8.63. The van der Waals surface area contributed by atoms with E-state index in [4.69, 9.17) is 0 Å². The monoisotopic (exact) mass is 281 g/mol. The van der Waals surface area contributed by atoms with E-state index in [2.05, 4.69) is 5.32 Å². The van der Waals surface area contributed by atoms with Crippen LogP contribution in [0.2, 0.25) is 0 Å². The molecule has 0 aliphatic heterocycles. The average Bonchev–Trinajstić information content (AvgIpc) is 2.90. The summed E-state index contributed by atoms with van der Waals surface area (Å²) >= 11 is 1.63. The second-order valence-corrected chi connectivity index (χ2v) is 6.91. The highest BCUT2D eigenvalue weighted by atomic mass is 32.2. The van der Waals surface area contributed by atoms with Crippen molar-refractivity contribution < 1.29 is 8.42 Å². The van der Waals surface area contributed by atoms with Gasteiger partial charge >= 0.3 is 0 Å². The number of rotatable bonds is 5. The predicted molar refractivity (Wildman–Crippen MR) is 75.8 cm³/mol. The zero-order valence-corrected chi connectivity index (χ0v) is 11.7. The van der Waals surface area contributed by atoms with Gasteiger partial charge in [-0.15, -0.1) is 0 Å². The third-order valence-electron chi connectivity index (χ3n) is 2.67. The normalized spacial score (nSPS) is 11.4. The number of sulfone groups is 1.